The molecule has 0 saturated carbocycles. The highest BCUT2D eigenvalue weighted by atomic mass is 19.1. The maximum Gasteiger partial charge on any atom is 0.251 e. The molecule has 0 aromatic heterocycles. The van der Waals surface area contributed by atoms with E-state index in [1.807, 2.05) is 0 Å². The Labute approximate surface area is 180 Å². The van der Waals surface area contributed by atoms with Crippen molar-refractivity contribution in [3.63, 3.8) is 0 Å². The lowest BCUT2D eigenvalue weighted by Crippen LogP contribution is -2.49. The second kappa shape index (κ2) is 10.7. The number of carbonyl (C=O) groups excluding carboxylic acids is 2. The van der Waals surface area contributed by atoms with E-state index in [2.05, 4.69) is 10.2 Å². The van der Waals surface area contributed by atoms with Crippen molar-refractivity contribution >= 4 is 17.9 Å². The molecule has 0 radical (unpaired) electrons. The highest BCUT2D eigenvalue weighted by molar-refractivity contribution is 5.94. The number of hydrogen-bond donors (Lipinski definition) is 1. The van der Waals surface area contributed by atoms with E-state index >= 15 is 0 Å². The third-order valence-electron chi connectivity index (χ3n) is 5.14. The lowest BCUT2D eigenvalue weighted by molar-refractivity contribution is -0.127. The number of nitrogens with one attached hydrogen (secondary N) is 1. The van der Waals surface area contributed by atoms with Crippen LogP contribution in [0.2, 0.25) is 0 Å². The van der Waals surface area contributed by atoms with Crippen LogP contribution >= 0.6 is 0 Å². The van der Waals surface area contributed by atoms with Crippen LogP contribution in [0.5, 0.6) is 5.75 Å². The van der Waals surface area contributed by atoms with Crippen molar-refractivity contribution in [2.75, 3.05) is 46.4 Å². The molecule has 1 fully saturated rings. The van der Waals surface area contributed by atoms with Gasteiger partial charge in [-0.3, -0.25) is 14.5 Å². The number of amides is 2. The van der Waals surface area contributed by atoms with Gasteiger partial charge in [-0.2, -0.15) is 0 Å². The molecule has 31 heavy (non-hydrogen) atoms. The molecule has 2 aromatic rings. The van der Waals surface area contributed by atoms with E-state index in [9.17, 15) is 18.4 Å². The van der Waals surface area contributed by atoms with Gasteiger partial charge >= 0.3 is 0 Å². The summed E-state index contributed by atoms with van der Waals surface area (Å²) in [5, 5.41) is 2.88. The largest absolute Gasteiger partial charge is 0.497 e. The quantitative estimate of drug-likeness (QED) is 0.688. The number of piperazine rings is 1. The van der Waals surface area contributed by atoms with Gasteiger partial charge in [-0.25, -0.2) is 8.78 Å². The van der Waals surface area contributed by atoms with E-state index in [4.69, 9.17) is 4.74 Å². The summed E-state index contributed by atoms with van der Waals surface area (Å²) in [6, 6.07) is 10.5. The van der Waals surface area contributed by atoms with Crippen molar-refractivity contribution in [1.82, 2.24) is 15.1 Å². The first-order valence-electron chi connectivity index (χ1n) is 10.0. The SMILES string of the molecule is COc1ccc(C(=O)NCCN2CCN(C(=O)/C=C/c3c(F)cccc3F)CC2)cc1. The molecule has 6 nitrogen and oxygen atoms in total. The van der Waals surface area contributed by atoms with Gasteiger partial charge in [0.05, 0.1) is 7.11 Å². The van der Waals surface area contributed by atoms with Gasteiger partial charge in [0, 0.05) is 56.5 Å². The average Bonchev–Trinajstić information content (AvgIpc) is 2.79. The third kappa shape index (κ3) is 6.11. The number of nitrogens with zero attached hydrogens (tertiary/aromatic N) is 2. The lowest BCUT2D eigenvalue weighted by Gasteiger charge is -2.34. The first-order valence-corrected chi connectivity index (χ1v) is 10.0. The van der Waals surface area contributed by atoms with Gasteiger partial charge in [-0.15, -0.1) is 0 Å². The van der Waals surface area contributed by atoms with Crippen LogP contribution in [0.3, 0.4) is 0 Å². The topological polar surface area (TPSA) is 61.9 Å². The van der Waals surface area contributed by atoms with E-state index in [0.717, 1.165) is 12.1 Å². The van der Waals surface area contributed by atoms with E-state index in [0.29, 0.717) is 50.6 Å². The van der Waals surface area contributed by atoms with Crippen molar-refractivity contribution < 1.29 is 23.1 Å². The van der Waals surface area contributed by atoms with E-state index in [1.54, 1.807) is 36.3 Å². The number of carbonyl (C=O) groups is 2. The normalized spacial score (nSPS) is 14.6. The number of methoxy groups -OCH3 is 1. The lowest BCUT2D eigenvalue weighted by atomic mass is 10.2. The van der Waals surface area contributed by atoms with Crippen molar-refractivity contribution in [3.05, 3.63) is 71.3 Å². The number of halogens is 2. The molecule has 0 atom stereocenters. The molecule has 2 aromatic carbocycles. The zero-order valence-corrected chi connectivity index (χ0v) is 17.3. The van der Waals surface area contributed by atoms with E-state index in [1.165, 1.54) is 18.2 Å². The summed E-state index contributed by atoms with van der Waals surface area (Å²) in [6.07, 6.45) is 2.38. The molecule has 0 unspecified atom stereocenters. The van der Waals surface area contributed by atoms with Crippen LogP contribution in [0.1, 0.15) is 15.9 Å². The number of hydrogen-bond acceptors (Lipinski definition) is 4. The minimum atomic E-state index is -0.703. The van der Waals surface area contributed by atoms with Crippen molar-refractivity contribution in [3.8, 4) is 5.75 Å². The summed E-state index contributed by atoms with van der Waals surface area (Å²) in [6.45, 7) is 3.49. The summed E-state index contributed by atoms with van der Waals surface area (Å²) in [5.74, 6) is -1.15. The van der Waals surface area contributed by atoms with E-state index < -0.39 is 11.6 Å². The summed E-state index contributed by atoms with van der Waals surface area (Å²) >= 11 is 0. The van der Waals surface area contributed by atoms with Gasteiger partial charge in [-0.1, -0.05) is 6.07 Å². The van der Waals surface area contributed by atoms with E-state index in [-0.39, 0.29) is 17.4 Å². The molecule has 3 rings (SSSR count). The standard InChI is InChI=1S/C23H25F2N3O3/c1-31-18-7-5-17(6-8-18)23(30)26-11-12-27-13-15-28(16-14-27)22(29)10-9-19-20(24)3-2-4-21(19)25/h2-10H,11-16H2,1H3,(H,26,30)/b10-9+. The molecule has 1 N–H and O–H groups in total. The van der Waals surface area contributed by atoms with Crippen LogP contribution < -0.4 is 10.1 Å². The zero-order chi connectivity index (χ0) is 22.2. The highest BCUT2D eigenvalue weighted by Gasteiger charge is 2.19. The van der Waals surface area contributed by atoms with Crippen LogP contribution in [-0.2, 0) is 4.79 Å². The van der Waals surface area contributed by atoms with Crippen LogP contribution in [0.15, 0.2) is 48.5 Å². The fourth-order valence-electron chi connectivity index (χ4n) is 3.29. The molecule has 0 aliphatic carbocycles. The van der Waals surface area contributed by atoms with Gasteiger partial charge in [0.15, 0.2) is 0 Å². The smallest absolute Gasteiger partial charge is 0.251 e. The second-order valence-corrected chi connectivity index (χ2v) is 7.12. The van der Waals surface area contributed by atoms with Gasteiger partial charge in [-0.05, 0) is 42.5 Å². The highest BCUT2D eigenvalue weighted by Crippen LogP contribution is 2.14. The zero-order valence-electron chi connectivity index (χ0n) is 17.3. The van der Waals surface area contributed by atoms with Gasteiger partial charge in [0.2, 0.25) is 5.91 Å². The minimum absolute atomic E-state index is 0.151. The Hall–Kier alpha value is -3.26. The first-order chi connectivity index (χ1) is 15.0. The molecule has 1 aliphatic rings. The van der Waals surface area contributed by atoms with Gasteiger partial charge in [0.1, 0.15) is 17.4 Å². The van der Waals surface area contributed by atoms with Crippen molar-refractivity contribution in [2.24, 2.45) is 0 Å². The Balaban J connectivity index is 1.40. The predicted octanol–water partition coefficient (Wildman–Crippen LogP) is 2.56. The molecule has 2 amide bonds. The summed E-state index contributed by atoms with van der Waals surface area (Å²) in [5.41, 5.74) is 0.344. The van der Waals surface area contributed by atoms with Gasteiger partial charge in [0.25, 0.3) is 5.91 Å². The molecule has 0 spiro atoms. The number of benzene rings is 2. The van der Waals surface area contributed by atoms with Crippen molar-refractivity contribution in [1.29, 1.82) is 0 Å². The Morgan fingerprint density at radius 1 is 1.03 bits per heavy atom. The summed E-state index contributed by atoms with van der Waals surface area (Å²) in [4.78, 5) is 28.3. The maximum absolute atomic E-state index is 13.7. The van der Waals surface area contributed by atoms with Crippen LogP contribution in [0.4, 0.5) is 8.78 Å². The minimum Gasteiger partial charge on any atom is -0.497 e. The monoisotopic (exact) mass is 429 g/mol. The fourth-order valence-corrected chi connectivity index (χ4v) is 3.29. The molecule has 1 saturated heterocycles. The number of rotatable bonds is 7. The predicted molar refractivity (Wildman–Crippen MR) is 114 cm³/mol. The molecular weight excluding hydrogens is 404 g/mol. The summed E-state index contributed by atoms with van der Waals surface area (Å²) < 4.78 is 32.4. The molecule has 1 aliphatic heterocycles. The molecule has 0 bridgehead atoms. The summed E-state index contributed by atoms with van der Waals surface area (Å²) in [7, 11) is 1.57. The van der Waals surface area contributed by atoms with Gasteiger partial charge < -0.3 is 15.0 Å². The van der Waals surface area contributed by atoms with Crippen LogP contribution in [-0.4, -0.2) is 68.0 Å². The Bertz CT molecular complexity index is 919. The molecule has 164 valence electrons. The maximum atomic E-state index is 13.7. The van der Waals surface area contributed by atoms with Crippen LogP contribution in [0.25, 0.3) is 6.08 Å². The fraction of sp³-hybridized carbons (Fsp3) is 0.304. The van der Waals surface area contributed by atoms with Crippen molar-refractivity contribution in [2.45, 2.75) is 0 Å². The van der Waals surface area contributed by atoms with Crippen LogP contribution in [0, 0.1) is 11.6 Å². The molecule has 8 heteroatoms. The third-order valence-corrected chi connectivity index (χ3v) is 5.14. The molecular formula is C23H25F2N3O3. The Morgan fingerprint density at radius 2 is 1.68 bits per heavy atom. The second-order valence-electron chi connectivity index (χ2n) is 7.12. The number of ether oxygens (including phenoxy) is 1. The Kier molecular flexibility index (Phi) is 7.72. The molecule has 1 heterocycles. The first kappa shape index (κ1) is 22.4. The Morgan fingerprint density at radius 3 is 2.29 bits per heavy atom. The average molecular weight is 429 g/mol.